The second-order valence-corrected chi connectivity index (χ2v) is 13.7. The van der Waals surface area contributed by atoms with Gasteiger partial charge in [-0.1, -0.05) is 54.9 Å². The van der Waals surface area contributed by atoms with Crippen LogP contribution in [0.4, 0.5) is 0 Å². The Balaban J connectivity index is 2.22. The lowest BCUT2D eigenvalue weighted by atomic mass is 9.84. The van der Waals surface area contributed by atoms with E-state index in [-0.39, 0.29) is 41.6 Å². The highest BCUT2D eigenvalue weighted by molar-refractivity contribution is 5.90. The molecule has 0 aliphatic carbocycles. The number of hydrogen-bond donors (Lipinski definition) is 2. The van der Waals surface area contributed by atoms with Crippen LogP contribution in [0.5, 0.6) is 0 Å². The molecule has 2 saturated heterocycles. The van der Waals surface area contributed by atoms with Crippen molar-refractivity contribution < 1.29 is 24.3 Å². The molecule has 10 heteroatoms. The minimum absolute atomic E-state index is 0.101. The van der Waals surface area contributed by atoms with Crippen LogP contribution >= 0.6 is 0 Å². The molecule has 3 amide bonds. The Labute approximate surface area is 241 Å². The quantitative estimate of drug-likeness (QED) is 0.396. The largest absolute Gasteiger partial charge is 0.480 e. The summed E-state index contributed by atoms with van der Waals surface area (Å²) in [5, 5.41) is 12.8. The van der Waals surface area contributed by atoms with Crippen LogP contribution in [0.25, 0.3) is 0 Å². The number of carboxylic acids is 1. The van der Waals surface area contributed by atoms with E-state index in [1.165, 1.54) is 4.90 Å². The van der Waals surface area contributed by atoms with Crippen LogP contribution in [0.2, 0.25) is 0 Å². The van der Waals surface area contributed by atoms with E-state index >= 15 is 0 Å². The molecule has 0 aromatic rings. The molecule has 2 aliphatic heterocycles. The van der Waals surface area contributed by atoms with Crippen LogP contribution in [-0.2, 0) is 19.2 Å². The maximum absolute atomic E-state index is 14.0. The molecule has 5 atom stereocenters. The SMILES string of the molecule is CC(C)[C@@H](CN1CCC[C@H]1C(=O)N(C)[C@@H](C(=O)O)C(C)C)N(C)C(=O)[C@@H](NC(=O)[C@H]1CCCCN1C)C(C)(C)C. The molecule has 10 nitrogen and oxygen atoms in total. The van der Waals surface area contributed by atoms with Crippen molar-refractivity contribution in [3.63, 3.8) is 0 Å². The van der Waals surface area contributed by atoms with Crippen LogP contribution < -0.4 is 5.32 Å². The van der Waals surface area contributed by atoms with Gasteiger partial charge < -0.3 is 20.2 Å². The predicted molar refractivity (Wildman–Crippen MR) is 157 cm³/mol. The summed E-state index contributed by atoms with van der Waals surface area (Å²) in [6.07, 6.45) is 4.36. The topological polar surface area (TPSA) is 113 Å². The normalized spacial score (nSPS) is 23.1. The van der Waals surface area contributed by atoms with Crippen LogP contribution in [-0.4, -0.2) is 119 Å². The number of nitrogens with one attached hydrogen (secondary N) is 1. The third kappa shape index (κ3) is 8.18. The van der Waals surface area contributed by atoms with Gasteiger partial charge in [-0.05, 0) is 63.1 Å². The van der Waals surface area contributed by atoms with Gasteiger partial charge in [0.2, 0.25) is 17.7 Å². The molecule has 0 bridgehead atoms. The molecule has 0 unspecified atom stereocenters. The van der Waals surface area contributed by atoms with Crippen molar-refractivity contribution in [2.24, 2.45) is 17.3 Å². The molecule has 0 spiro atoms. The second-order valence-electron chi connectivity index (χ2n) is 13.7. The van der Waals surface area contributed by atoms with E-state index in [0.29, 0.717) is 19.5 Å². The van der Waals surface area contributed by atoms with Gasteiger partial charge in [-0.2, -0.15) is 0 Å². The van der Waals surface area contributed by atoms with E-state index in [0.717, 1.165) is 32.2 Å². The maximum Gasteiger partial charge on any atom is 0.326 e. The first-order valence-corrected chi connectivity index (χ1v) is 15.0. The maximum atomic E-state index is 14.0. The fourth-order valence-corrected chi connectivity index (χ4v) is 6.28. The van der Waals surface area contributed by atoms with E-state index in [1.807, 2.05) is 27.8 Å². The first-order chi connectivity index (χ1) is 18.5. The highest BCUT2D eigenvalue weighted by Gasteiger charge is 2.42. The van der Waals surface area contributed by atoms with Gasteiger partial charge in [0.25, 0.3) is 0 Å². The Morgan fingerprint density at radius 2 is 1.50 bits per heavy atom. The van der Waals surface area contributed by atoms with Crippen molar-refractivity contribution in [2.75, 3.05) is 40.8 Å². The van der Waals surface area contributed by atoms with Crippen molar-refractivity contribution >= 4 is 23.7 Å². The summed E-state index contributed by atoms with van der Waals surface area (Å²) in [7, 11) is 5.33. The first kappa shape index (κ1) is 34.0. The van der Waals surface area contributed by atoms with Crippen molar-refractivity contribution in [1.82, 2.24) is 24.9 Å². The average Bonchev–Trinajstić information content (AvgIpc) is 3.31. The zero-order valence-electron chi connectivity index (χ0n) is 26.6. The molecule has 0 radical (unpaired) electrons. The summed E-state index contributed by atoms with van der Waals surface area (Å²) >= 11 is 0. The Bertz CT molecular complexity index is 901. The van der Waals surface area contributed by atoms with Crippen molar-refractivity contribution in [1.29, 1.82) is 0 Å². The van der Waals surface area contributed by atoms with Gasteiger partial charge in [-0.15, -0.1) is 0 Å². The molecule has 230 valence electrons. The number of piperidine rings is 1. The van der Waals surface area contributed by atoms with Gasteiger partial charge in [0.05, 0.1) is 12.1 Å². The summed E-state index contributed by atoms with van der Waals surface area (Å²) in [6, 6.07) is -2.42. The lowest BCUT2D eigenvalue weighted by Gasteiger charge is -2.41. The molecule has 40 heavy (non-hydrogen) atoms. The highest BCUT2D eigenvalue weighted by atomic mass is 16.4. The number of amides is 3. The molecule has 2 heterocycles. The molecular formula is C30H55N5O5. The van der Waals surface area contributed by atoms with E-state index in [4.69, 9.17) is 0 Å². The molecule has 0 aromatic carbocycles. The number of carboxylic acid groups (broad SMARTS) is 1. The fourth-order valence-electron chi connectivity index (χ4n) is 6.28. The lowest BCUT2D eigenvalue weighted by molar-refractivity contribution is -0.153. The van der Waals surface area contributed by atoms with Gasteiger partial charge in [0.1, 0.15) is 12.1 Å². The van der Waals surface area contributed by atoms with Gasteiger partial charge in [0, 0.05) is 26.7 Å². The second kappa shape index (κ2) is 14.1. The number of nitrogens with zero attached hydrogens (tertiary/aromatic N) is 4. The molecule has 0 saturated carbocycles. The molecule has 2 N–H and O–H groups in total. The van der Waals surface area contributed by atoms with E-state index in [2.05, 4.69) is 29.0 Å². The highest BCUT2D eigenvalue weighted by Crippen LogP contribution is 2.27. The number of likely N-dealkylation sites (N-methyl/N-ethyl adjacent to an activating group) is 3. The van der Waals surface area contributed by atoms with Crippen LogP contribution in [0.15, 0.2) is 0 Å². The molecule has 2 fully saturated rings. The summed E-state index contributed by atoms with van der Waals surface area (Å²) < 4.78 is 0. The zero-order valence-corrected chi connectivity index (χ0v) is 26.6. The predicted octanol–water partition coefficient (Wildman–Crippen LogP) is 2.52. The summed E-state index contributed by atoms with van der Waals surface area (Å²) in [5.74, 6) is -1.54. The molecular weight excluding hydrogens is 510 g/mol. The van der Waals surface area contributed by atoms with Crippen LogP contribution in [0.3, 0.4) is 0 Å². The Hall–Kier alpha value is -2.20. The number of carbonyl (C=O) groups excluding carboxylic acids is 3. The molecule has 2 aliphatic rings. The summed E-state index contributed by atoms with van der Waals surface area (Å²) in [6.45, 7) is 15.7. The lowest BCUT2D eigenvalue weighted by Crippen LogP contribution is -2.61. The van der Waals surface area contributed by atoms with Gasteiger partial charge in [-0.3, -0.25) is 24.2 Å². The van der Waals surface area contributed by atoms with E-state index < -0.39 is 29.5 Å². The Morgan fingerprint density at radius 3 is 2.00 bits per heavy atom. The van der Waals surface area contributed by atoms with Crippen molar-refractivity contribution in [2.45, 2.75) is 111 Å². The number of aliphatic carboxylic acids is 1. The minimum atomic E-state index is -1.00. The minimum Gasteiger partial charge on any atom is -0.480 e. The van der Waals surface area contributed by atoms with Crippen molar-refractivity contribution in [3.05, 3.63) is 0 Å². The summed E-state index contributed by atoms with van der Waals surface area (Å²) in [5.41, 5.74) is -0.493. The smallest absolute Gasteiger partial charge is 0.326 e. The van der Waals surface area contributed by atoms with Crippen molar-refractivity contribution in [3.8, 4) is 0 Å². The Kier molecular flexibility index (Phi) is 12.0. The van der Waals surface area contributed by atoms with Crippen LogP contribution in [0.1, 0.15) is 80.6 Å². The van der Waals surface area contributed by atoms with E-state index in [9.17, 15) is 24.3 Å². The molecule has 2 rings (SSSR count). The number of hydrogen-bond acceptors (Lipinski definition) is 6. The van der Waals surface area contributed by atoms with E-state index in [1.54, 1.807) is 32.8 Å². The van der Waals surface area contributed by atoms with Crippen LogP contribution in [0, 0.1) is 17.3 Å². The van der Waals surface area contributed by atoms with Gasteiger partial charge >= 0.3 is 5.97 Å². The number of likely N-dealkylation sites (tertiary alicyclic amines) is 2. The summed E-state index contributed by atoms with van der Waals surface area (Å²) in [4.78, 5) is 60.0. The monoisotopic (exact) mass is 565 g/mol. The number of carbonyl (C=O) groups is 4. The average molecular weight is 566 g/mol. The third-order valence-electron chi connectivity index (χ3n) is 8.81. The molecule has 0 aromatic heterocycles. The van der Waals surface area contributed by atoms with Gasteiger partial charge in [0.15, 0.2) is 0 Å². The zero-order chi connectivity index (χ0) is 30.5. The number of rotatable bonds is 11. The van der Waals surface area contributed by atoms with Gasteiger partial charge in [-0.25, -0.2) is 4.79 Å². The third-order valence-corrected chi connectivity index (χ3v) is 8.81. The fraction of sp³-hybridized carbons (Fsp3) is 0.867. The standard InChI is InChI=1S/C30H55N5O5/c1-19(2)23(18-35-17-13-15-22(35)27(37)34(10)24(20(3)4)29(39)40)33(9)28(38)25(30(5,6)7)31-26(36)21-14-11-12-16-32(21)8/h19-25H,11-18H2,1-10H3,(H,31,36)(H,39,40)/t21-,22+,23-,24-,25-/m1/s1. The first-order valence-electron chi connectivity index (χ1n) is 15.0. The Morgan fingerprint density at radius 1 is 0.900 bits per heavy atom.